The molecule has 3 nitrogen and oxygen atoms in total. The fourth-order valence-electron chi connectivity index (χ4n) is 1.26. The second-order valence-electron chi connectivity index (χ2n) is 3.65. The summed E-state index contributed by atoms with van der Waals surface area (Å²) in [4.78, 5) is 22.0. The van der Waals surface area contributed by atoms with Crippen LogP contribution in [0.15, 0.2) is 22.7 Å². The SMILES string of the molecule is CC(=O)CC(=O)Nc1cc(Br)cc(C(F)(F)F)c1. The van der Waals surface area contributed by atoms with Gasteiger partial charge in [-0.05, 0) is 25.1 Å². The van der Waals surface area contributed by atoms with Crippen LogP contribution in [0.25, 0.3) is 0 Å². The molecule has 98 valence electrons. The number of nitrogens with one attached hydrogen (secondary N) is 1. The molecule has 1 aromatic rings. The molecule has 0 spiro atoms. The summed E-state index contributed by atoms with van der Waals surface area (Å²) in [6, 6.07) is 3.04. The van der Waals surface area contributed by atoms with E-state index in [0.29, 0.717) is 0 Å². The topological polar surface area (TPSA) is 46.2 Å². The van der Waals surface area contributed by atoms with Crippen molar-refractivity contribution in [2.45, 2.75) is 19.5 Å². The Balaban J connectivity index is 2.94. The van der Waals surface area contributed by atoms with Gasteiger partial charge in [0.25, 0.3) is 0 Å². The van der Waals surface area contributed by atoms with E-state index in [4.69, 9.17) is 0 Å². The Morgan fingerprint density at radius 2 is 1.89 bits per heavy atom. The molecule has 18 heavy (non-hydrogen) atoms. The van der Waals surface area contributed by atoms with Crippen LogP contribution in [0.3, 0.4) is 0 Å². The van der Waals surface area contributed by atoms with Gasteiger partial charge in [0.05, 0.1) is 12.0 Å². The Morgan fingerprint density at radius 1 is 1.28 bits per heavy atom. The molecule has 0 aromatic heterocycles. The molecule has 0 fully saturated rings. The van der Waals surface area contributed by atoms with Crippen LogP contribution in [-0.2, 0) is 15.8 Å². The molecule has 0 aliphatic carbocycles. The number of hydrogen-bond acceptors (Lipinski definition) is 2. The summed E-state index contributed by atoms with van der Waals surface area (Å²) >= 11 is 2.93. The molecular formula is C11H9BrF3NO2. The molecule has 1 aromatic carbocycles. The smallest absolute Gasteiger partial charge is 0.326 e. The summed E-state index contributed by atoms with van der Waals surface area (Å²) in [7, 11) is 0. The lowest BCUT2D eigenvalue weighted by atomic mass is 10.2. The average Bonchev–Trinajstić information content (AvgIpc) is 2.13. The van der Waals surface area contributed by atoms with Gasteiger partial charge in [-0.1, -0.05) is 15.9 Å². The summed E-state index contributed by atoms with van der Waals surface area (Å²) in [5.74, 6) is -1.01. The number of halogens is 4. The minimum absolute atomic E-state index is 0.0112. The highest BCUT2D eigenvalue weighted by molar-refractivity contribution is 9.10. The summed E-state index contributed by atoms with van der Waals surface area (Å²) in [5.41, 5.74) is -0.891. The van der Waals surface area contributed by atoms with E-state index in [1.165, 1.54) is 13.0 Å². The van der Waals surface area contributed by atoms with Gasteiger partial charge in [0.1, 0.15) is 5.78 Å². The second kappa shape index (κ2) is 5.51. The number of Topliss-reactive ketones (excluding diaryl/α,β-unsaturated/α-hetero) is 1. The molecule has 0 saturated heterocycles. The van der Waals surface area contributed by atoms with Gasteiger partial charge >= 0.3 is 6.18 Å². The van der Waals surface area contributed by atoms with Gasteiger partial charge in [0.15, 0.2) is 0 Å². The Morgan fingerprint density at radius 3 is 2.39 bits per heavy atom. The van der Waals surface area contributed by atoms with Crippen molar-refractivity contribution < 1.29 is 22.8 Å². The number of carbonyl (C=O) groups is 2. The van der Waals surface area contributed by atoms with Gasteiger partial charge < -0.3 is 5.32 Å². The van der Waals surface area contributed by atoms with Crippen molar-refractivity contribution in [2.75, 3.05) is 5.32 Å². The highest BCUT2D eigenvalue weighted by atomic mass is 79.9. The van der Waals surface area contributed by atoms with E-state index in [2.05, 4.69) is 21.2 Å². The lowest BCUT2D eigenvalue weighted by molar-refractivity contribution is -0.137. The van der Waals surface area contributed by atoms with Gasteiger partial charge in [0.2, 0.25) is 5.91 Å². The van der Waals surface area contributed by atoms with Crippen LogP contribution < -0.4 is 5.32 Å². The fraction of sp³-hybridized carbons (Fsp3) is 0.273. The predicted octanol–water partition coefficient (Wildman–Crippen LogP) is 3.39. The second-order valence-corrected chi connectivity index (χ2v) is 4.57. The summed E-state index contributed by atoms with van der Waals surface area (Å²) in [6.07, 6.45) is -4.86. The number of rotatable bonds is 3. The van der Waals surface area contributed by atoms with Crippen molar-refractivity contribution in [3.05, 3.63) is 28.2 Å². The van der Waals surface area contributed by atoms with E-state index < -0.39 is 17.6 Å². The summed E-state index contributed by atoms with van der Waals surface area (Å²) < 4.78 is 37.7. The first-order valence-electron chi connectivity index (χ1n) is 4.85. The van der Waals surface area contributed by atoms with E-state index in [1.807, 2.05) is 0 Å². The molecule has 0 aliphatic heterocycles. The Kier molecular flexibility index (Phi) is 4.50. The molecule has 0 unspecified atom stereocenters. The Hall–Kier alpha value is -1.37. The monoisotopic (exact) mass is 323 g/mol. The van der Waals surface area contributed by atoms with Crippen molar-refractivity contribution >= 4 is 33.3 Å². The van der Waals surface area contributed by atoms with Crippen molar-refractivity contribution in [1.29, 1.82) is 0 Å². The van der Waals surface area contributed by atoms with Crippen LogP contribution in [0.1, 0.15) is 18.9 Å². The maximum atomic E-state index is 12.5. The lowest BCUT2D eigenvalue weighted by Gasteiger charge is -2.10. The van der Waals surface area contributed by atoms with Crippen molar-refractivity contribution in [3.63, 3.8) is 0 Å². The molecule has 0 heterocycles. The quantitative estimate of drug-likeness (QED) is 0.867. The summed E-state index contributed by atoms with van der Waals surface area (Å²) in [6.45, 7) is 1.22. The molecule has 7 heteroatoms. The number of ketones is 1. The number of carbonyl (C=O) groups excluding carboxylic acids is 2. The zero-order valence-corrected chi connectivity index (χ0v) is 10.9. The normalized spacial score (nSPS) is 11.2. The van der Waals surface area contributed by atoms with Gasteiger partial charge in [-0.3, -0.25) is 9.59 Å². The fourth-order valence-corrected chi connectivity index (χ4v) is 1.75. The van der Waals surface area contributed by atoms with Gasteiger partial charge in [-0.2, -0.15) is 13.2 Å². The summed E-state index contributed by atoms with van der Waals surface area (Å²) in [5, 5.41) is 2.24. The number of hydrogen-bond donors (Lipinski definition) is 1. The first-order valence-corrected chi connectivity index (χ1v) is 5.65. The molecule has 0 bridgehead atoms. The average molecular weight is 324 g/mol. The lowest BCUT2D eigenvalue weighted by Crippen LogP contribution is -2.15. The molecule has 1 amide bonds. The van der Waals surface area contributed by atoms with E-state index in [-0.39, 0.29) is 22.4 Å². The first-order chi connectivity index (χ1) is 8.18. The third kappa shape index (κ3) is 4.48. The number of alkyl halides is 3. The van der Waals surface area contributed by atoms with Crippen molar-refractivity contribution in [2.24, 2.45) is 0 Å². The van der Waals surface area contributed by atoms with Gasteiger partial charge in [-0.25, -0.2) is 0 Å². The van der Waals surface area contributed by atoms with Gasteiger partial charge in [-0.15, -0.1) is 0 Å². The maximum Gasteiger partial charge on any atom is 0.416 e. The highest BCUT2D eigenvalue weighted by Gasteiger charge is 2.31. The van der Waals surface area contributed by atoms with Crippen LogP contribution in [0.5, 0.6) is 0 Å². The van der Waals surface area contributed by atoms with Crippen molar-refractivity contribution in [3.8, 4) is 0 Å². The van der Waals surface area contributed by atoms with E-state index in [9.17, 15) is 22.8 Å². The third-order valence-corrected chi connectivity index (χ3v) is 2.38. The standard InChI is InChI=1S/C11H9BrF3NO2/c1-6(17)2-10(18)16-9-4-7(11(13,14)15)3-8(12)5-9/h3-5H,2H2,1H3,(H,16,18). The van der Waals surface area contributed by atoms with Crippen LogP contribution in [0.4, 0.5) is 18.9 Å². The van der Waals surface area contributed by atoms with Crippen LogP contribution in [-0.4, -0.2) is 11.7 Å². The van der Waals surface area contributed by atoms with Crippen LogP contribution in [0, 0.1) is 0 Å². The van der Waals surface area contributed by atoms with E-state index >= 15 is 0 Å². The molecule has 1 N–H and O–H groups in total. The Bertz CT molecular complexity index is 486. The molecule has 1 rings (SSSR count). The molecule has 0 atom stereocenters. The largest absolute Gasteiger partial charge is 0.416 e. The molecule has 0 aliphatic rings. The molecule has 0 saturated carbocycles. The molecule has 0 radical (unpaired) electrons. The minimum atomic E-state index is -4.50. The molecular weight excluding hydrogens is 315 g/mol. The van der Waals surface area contributed by atoms with Crippen LogP contribution >= 0.6 is 15.9 Å². The highest BCUT2D eigenvalue weighted by Crippen LogP contribution is 2.33. The van der Waals surface area contributed by atoms with Gasteiger partial charge in [0, 0.05) is 10.2 Å². The Labute approximate surface area is 109 Å². The third-order valence-electron chi connectivity index (χ3n) is 1.92. The van der Waals surface area contributed by atoms with E-state index in [0.717, 1.165) is 12.1 Å². The van der Waals surface area contributed by atoms with Crippen LogP contribution in [0.2, 0.25) is 0 Å². The maximum absolute atomic E-state index is 12.5. The van der Waals surface area contributed by atoms with E-state index in [1.54, 1.807) is 0 Å². The number of anilines is 1. The first kappa shape index (κ1) is 14.7. The predicted molar refractivity (Wildman–Crippen MR) is 63.1 cm³/mol. The zero-order chi connectivity index (χ0) is 13.9. The zero-order valence-electron chi connectivity index (χ0n) is 9.27. The minimum Gasteiger partial charge on any atom is -0.326 e. The van der Waals surface area contributed by atoms with Crippen molar-refractivity contribution in [1.82, 2.24) is 0 Å². The number of amides is 1. The number of benzene rings is 1.